The van der Waals surface area contributed by atoms with Crippen molar-refractivity contribution in [3.05, 3.63) is 35.6 Å². The van der Waals surface area contributed by atoms with Crippen LogP contribution < -0.4 is 10.6 Å². The summed E-state index contributed by atoms with van der Waals surface area (Å²) in [5, 5.41) is 15.2. The molecule has 2 aromatic heterocycles. The second-order valence-electron chi connectivity index (χ2n) is 6.81. The Morgan fingerprint density at radius 3 is 2.39 bits per heavy atom. The quantitative estimate of drug-likeness (QED) is 0.437. The number of anilines is 2. The van der Waals surface area contributed by atoms with Gasteiger partial charge in [-0.05, 0) is 52.0 Å². The van der Waals surface area contributed by atoms with Crippen LogP contribution in [0.15, 0.2) is 29.4 Å². The zero-order valence-corrected chi connectivity index (χ0v) is 16.9. The van der Waals surface area contributed by atoms with E-state index in [0.717, 1.165) is 0 Å². The van der Waals surface area contributed by atoms with Gasteiger partial charge < -0.3 is 10.6 Å². The van der Waals surface area contributed by atoms with Crippen molar-refractivity contribution in [2.24, 2.45) is 0 Å². The second-order valence-corrected chi connectivity index (χ2v) is 7.75. The number of hydrogen-bond acceptors (Lipinski definition) is 8. The number of carbonyl (C=O) groups is 1. The van der Waals surface area contributed by atoms with E-state index in [4.69, 9.17) is 0 Å². The molecule has 3 rings (SSSR count). The first-order valence-corrected chi connectivity index (χ1v) is 9.90. The van der Waals surface area contributed by atoms with Crippen LogP contribution in [0.4, 0.5) is 16.3 Å². The highest BCUT2D eigenvalue weighted by Crippen LogP contribution is 2.22. The van der Waals surface area contributed by atoms with Gasteiger partial charge in [0.25, 0.3) is 5.78 Å². The Hall–Kier alpha value is -2.75. The Labute approximate surface area is 166 Å². The van der Waals surface area contributed by atoms with Gasteiger partial charge in [0, 0.05) is 17.6 Å². The van der Waals surface area contributed by atoms with E-state index in [0.29, 0.717) is 28.4 Å². The van der Waals surface area contributed by atoms with Gasteiger partial charge in [-0.25, -0.2) is 8.79 Å². The maximum absolute atomic E-state index is 13.0. The number of carbonyl (C=O) groups excluding carboxylic acids is 1. The minimum absolute atomic E-state index is 0.126. The normalized spacial score (nSPS) is 11.4. The van der Waals surface area contributed by atoms with Gasteiger partial charge in [-0.2, -0.15) is 9.97 Å². The molecule has 0 bridgehead atoms. The molecule has 0 amide bonds. The molecule has 10 heteroatoms. The van der Waals surface area contributed by atoms with Gasteiger partial charge in [-0.15, -0.1) is 10.2 Å². The van der Waals surface area contributed by atoms with Gasteiger partial charge in [0.05, 0.1) is 5.75 Å². The molecule has 0 fully saturated rings. The molecule has 28 heavy (non-hydrogen) atoms. The third-order valence-corrected chi connectivity index (χ3v) is 4.51. The lowest BCUT2D eigenvalue weighted by Crippen LogP contribution is -2.19. The zero-order chi connectivity index (χ0) is 20.3. The van der Waals surface area contributed by atoms with Gasteiger partial charge >= 0.3 is 0 Å². The summed E-state index contributed by atoms with van der Waals surface area (Å²) in [4.78, 5) is 21.3. The molecule has 8 nitrogen and oxygen atoms in total. The molecule has 1 aromatic carbocycles. The van der Waals surface area contributed by atoms with E-state index in [1.165, 1.54) is 36.0 Å². The first-order chi connectivity index (χ1) is 13.3. The summed E-state index contributed by atoms with van der Waals surface area (Å²) in [6, 6.07) is 5.78. The first-order valence-electron chi connectivity index (χ1n) is 8.91. The Morgan fingerprint density at radius 2 is 1.75 bits per heavy atom. The largest absolute Gasteiger partial charge is 0.353 e. The van der Waals surface area contributed by atoms with Gasteiger partial charge in [-0.3, -0.25) is 4.79 Å². The van der Waals surface area contributed by atoms with E-state index in [9.17, 15) is 9.18 Å². The van der Waals surface area contributed by atoms with Gasteiger partial charge in [0.2, 0.25) is 11.9 Å². The molecule has 2 heterocycles. The van der Waals surface area contributed by atoms with Gasteiger partial charge in [-0.1, -0.05) is 11.8 Å². The number of nitrogens with one attached hydrogen (secondary N) is 2. The number of hydrogen-bond donors (Lipinski definition) is 2. The average Bonchev–Trinajstić information content (AvgIpc) is 3.02. The summed E-state index contributed by atoms with van der Waals surface area (Å²) in [5.74, 6) is 1.03. The Balaban J connectivity index is 1.86. The Bertz CT molecular complexity index is 972. The number of thioether (sulfide) groups is 1. The van der Waals surface area contributed by atoms with E-state index >= 15 is 0 Å². The number of Topliss-reactive ketones (excluding diaryl/α,β-unsaturated/α-hetero) is 1. The first kappa shape index (κ1) is 20.0. The highest BCUT2D eigenvalue weighted by Gasteiger charge is 2.17. The minimum atomic E-state index is -0.375. The number of nitrogens with zero attached hydrogens (tertiary/aromatic N) is 5. The molecule has 0 radical (unpaired) electrons. The highest BCUT2D eigenvalue weighted by molar-refractivity contribution is 7.99. The summed E-state index contributed by atoms with van der Waals surface area (Å²) >= 11 is 1.23. The van der Waals surface area contributed by atoms with Crippen LogP contribution in [0, 0.1) is 5.82 Å². The summed E-state index contributed by atoms with van der Waals surface area (Å²) < 4.78 is 14.7. The smallest absolute Gasteiger partial charge is 0.261 e. The van der Waals surface area contributed by atoms with Crippen molar-refractivity contribution >= 4 is 35.2 Å². The van der Waals surface area contributed by atoms with E-state index in [-0.39, 0.29) is 29.4 Å². The molecule has 0 aliphatic rings. The van der Waals surface area contributed by atoms with Crippen LogP contribution in [-0.4, -0.2) is 48.2 Å². The van der Waals surface area contributed by atoms with Crippen molar-refractivity contribution in [1.29, 1.82) is 0 Å². The standard InChI is InChI=1S/C18H22FN7OS/c1-10(2)20-15-22-16(21-11(3)4)26-17(23-15)24-25-18(26)28-9-14(27)12-5-7-13(19)8-6-12/h5-8,10-11H,9H2,1-4H3,(H2,20,21,22,23,24). The highest BCUT2D eigenvalue weighted by atomic mass is 32.2. The van der Waals surface area contributed by atoms with Gasteiger partial charge in [0.1, 0.15) is 5.82 Å². The maximum atomic E-state index is 13.0. The maximum Gasteiger partial charge on any atom is 0.261 e. The fraction of sp³-hybridized carbons (Fsp3) is 0.389. The number of halogens is 1. The lowest BCUT2D eigenvalue weighted by Gasteiger charge is -2.14. The molecular formula is C18H22FN7OS. The van der Waals surface area contributed by atoms with Crippen LogP contribution in [0.2, 0.25) is 0 Å². The van der Waals surface area contributed by atoms with Crippen LogP contribution in [-0.2, 0) is 0 Å². The average molecular weight is 403 g/mol. The van der Waals surface area contributed by atoms with Crippen molar-refractivity contribution in [3.8, 4) is 0 Å². The zero-order valence-electron chi connectivity index (χ0n) is 16.1. The van der Waals surface area contributed by atoms with Crippen LogP contribution in [0.5, 0.6) is 0 Å². The monoisotopic (exact) mass is 403 g/mol. The predicted octanol–water partition coefficient (Wildman–Crippen LogP) is 3.27. The summed E-state index contributed by atoms with van der Waals surface area (Å²) in [6.07, 6.45) is 0. The summed E-state index contributed by atoms with van der Waals surface area (Å²) in [6.45, 7) is 7.99. The molecule has 2 N–H and O–H groups in total. The van der Waals surface area contributed by atoms with Crippen LogP contribution >= 0.6 is 11.8 Å². The number of ketones is 1. The van der Waals surface area contributed by atoms with Crippen molar-refractivity contribution in [3.63, 3.8) is 0 Å². The molecule has 148 valence electrons. The van der Waals surface area contributed by atoms with Crippen LogP contribution in [0.25, 0.3) is 5.78 Å². The number of rotatable bonds is 8. The lowest BCUT2D eigenvalue weighted by molar-refractivity contribution is 0.102. The van der Waals surface area contributed by atoms with E-state index in [2.05, 4.69) is 30.8 Å². The fourth-order valence-electron chi connectivity index (χ4n) is 2.41. The molecule has 0 aliphatic carbocycles. The van der Waals surface area contributed by atoms with Crippen LogP contribution in [0.1, 0.15) is 38.1 Å². The molecule has 0 saturated heterocycles. The molecule has 3 aromatic rings. The number of fused-ring (bicyclic) bond motifs is 1. The topological polar surface area (TPSA) is 97.1 Å². The number of benzene rings is 1. The van der Waals surface area contributed by atoms with Crippen molar-refractivity contribution in [2.45, 2.75) is 44.9 Å². The van der Waals surface area contributed by atoms with Crippen LogP contribution in [0.3, 0.4) is 0 Å². The minimum Gasteiger partial charge on any atom is -0.353 e. The molecule has 0 unspecified atom stereocenters. The fourth-order valence-corrected chi connectivity index (χ4v) is 3.23. The lowest BCUT2D eigenvalue weighted by atomic mass is 10.1. The third-order valence-electron chi connectivity index (χ3n) is 3.58. The van der Waals surface area contributed by atoms with E-state index in [1.54, 1.807) is 4.40 Å². The molecule has 0 atom stereocenters. The molecule has 0 aliphatic heterocycles. The van der Waals surface area contributed by atoms with Crippen molar-refractivity contribution in [2.75, 3.05) is 16.4 Å². The van der Waals surface area contributed by atoms with E-state index in [1.807, 2.05) is 27.7 Å². The SMILES string of the molecule is CC(C)Nc1nc(NC(C)C)n2c(SCC(=O)c3ccc(F)cc3)nnc2n1. The van der Waals surface area contributed by atoms with Crippen molar-refractivity contribution in [1.82, 2.24) is 24.6 Å². The summed E-state index contributed by atoms with van der Waals surface area (Å²) in [5.41, 5.74) is 0.447. The molecular weight excluding hydrogens is 381 g/mol. The van der Waals surface area contributed by atoms with Gasteiger partial charge in [0.15, 0.2) is 10.9 Å². The number of aromatic nitrogens is 5. The van der Waals surface area contributed by atoms with E-state index < -0.39 is 0 Å². The Kier molecular flexibility index (Phi) is 6.08. The second kappa shape index (κ2) is 8.51. The summed E-state index contributed by atoms with van der Waals surface area (Å²) in [7, 11) is 0. The molecule has 0 spiro atoms. The Morgan fingerprint density at radius 1 is 1.07 bits per heavy atom. The predicted molar refractivity (Wildman–Crippen MR) is 108 cm³/mol. The van der Waals surface area contributed by atoms with Crippen molar-refractivity contribution < 1.29 is 9.18 Å². The molecule has 0 saturated carbocycles. The third kappa shape index (κ3) is 4.75.